The second kappa shape index (κ2) is 5.93. The zero-order valence-electron chi connectivity index (χ0n) is 9.35. The minimum Gasteiger partial charge on any atom is -0.465 e. The molecule has 0 fully saturated rings. The SMILES string of the molecule is CN(CCN(C)c1ccc(I)cc1)C(=O)O. The predicted molar refractivity (Wildman–Crippen MR) is 73.1 cm³/mol. The number of nitrogens with zero attached hydrogens (tertiary/aromatic N) is 2. The Balaban J connectivity index is 2.49. The quantitative estimate of drug-likeness (QED) is 0.860. The van der Waals surface area contributed by atoms with Gasteiger partial charge in [-0.1, -0.05) is 0 Å². The molecule has 16 heavy (non-hydrogen) atoms. The molecule has 88 valence electrons. The fourth-order valence-corrected chi connectivity index (χ4v) is 1.58. The molecule has 0 heterocycles. The van der Waals surface area contributed by atoms with Crippen LogP contribution in [0.3, 0.4) is 0 Å². The van der Waals surface area contributed by atoms with Crippen LogP contribution in [0.25, 0.3) is 0 Å². The Morgan fingerprint density at radius 1 is 1.25 bits per heavy atom. The van der Waals surface area contributed by atoms with E-state index in [0.29, 0.717) is 13.1 Å². The minimum absolute atomic E-state index is 0.498. The Bertz CT molecular complexity index is 354. The van der Waals surface area contributed by atoms with Gasteiger partial charge in [-0.2, -0.15) is 0 Å². The van der Waals surface area contributed by atoms with Gasteiger partial charge in [-0.3, -0.25) is 0 Å². The zero-order chi connectivity index (χ0) is 12.1. The van der Waals surface area contributed by atoms with Crippen LogP contribution >= 0.6 is 22.6 Å². The molecule has 1 amide bonds. The molecule has 0 aliphatic carbocycles. The van der Waals surface area contributed by atoms with Crippen molar-refractivity contribution in [2.24, 2.45) is 0 Å². The highest BCUT2D eigenvalue weighted by molar-refractivity contribution is 14.1. The molecule has 4 nitrogen and oxygen atoms in total. The van der Waals surface area contributed by atoms with E-state index in [-0.39, 0.29) is 0 Å². The number of carbonyl (C=O) groups is 1. The van der Waals surface area contributed by atoms with Crippen LogP contribution in [0.15, 0.2) is 24.3 Å². The molecule has 0 bridgehead atoms. The first-order valence-corrected chi connectivity index (χ1v) is 5.99. The molecule has 0 atom stereocenters. The average molecular weight is 334 g/mol. The highest BCUT2D eigenvalue weighted by atomic mass is 127. The maximum atomic E-state index is 10.6. The summed E-state index contributed by atoms with van der Waals surface area (Å²) in [5.74, 6) is 0. The average Bonchev–Trinajstić information content (AvgIpc) is 2.26. The summed E-state index contributed by atoms with van der Waals surface area (Å²) < 4.78 is 1.19. The van der Waals surface area contributed by atoms with Gasteiger partial charge in [-0.05, 0) is 46.9 Å². The minimum atomic E-state index is -0.893. The van der Waals surface area contributed by atoms with Crippen molar-refractivity contribution in [3.05, 3.63) is 27.8 Å². The van der Waals surface area contributed by atoms with Gasteiger partial charge in [0.1, 0.15) is 0 Å². The van der Waals surface area contributed by atoms with Gasteiger partial charge in [-0.15, -0.1) is 0 Å². The first-order chi connectivity index (χ1) is 7.50. The fraction of sp³-hybridized carbons (Fsp3) is 0.364. The van der Waals surface area contributed by atoms with Crippen molar-refractivity contribution in [3.8, 4) is 0 Å². The van der Waals surface area contributed by atoms with Crippen molar-refractivity contribution in [1.82, 2.24) is 4.90 Å². The molecule has 0 saturated heterocycles. The predicted octanol–water partition coefficient (Wildman–Crippen LogP) is 2.34. The molecule has 0 aliphatic heterocycles. The summed E-state index contributed by atoms with van der Waals surface area (Å²) in [6.07, 6.45) is -0.893. The molecule has 0 saturated carbocycles. The van der Waals surface area contributed by atoms with E-state index < -0.39 is 6.09 Å². The fourth-order valence-electron chi connectivity index (χ4n) is 1.22. The molecule has 0 aromatic heterocycles. The molecule has 1 aromatic carbocycles. The lowest BCUT2D eigenvalue weighted by molar-refractivity contribution is 0.157. The van der Waals surface area contributed by atoms with Gasteiger partial charge in [0.15, 0.2) is 0 Å². The van der Waals surface area contributed by atoms with Crippen molar-refractivity contribution in [2.75, 3.05) is 32.1 Å². The summed E-state index contributed by atoms with van der Waals surface area (Å²) in [6, 6.07) is 8.13. The molecule has 5 heteroatoms. The Hall–Kier alpha value is -0.980. The van der Waals surface area contributed by atoms with Gasteiger partial charge >= 0.3 is 6.09 Å². The van der Waals surface area contributed by atoms with E-state index >= 15 is 0 Å². The van der Waals surface area contributed by atoms with E-state index in [4.69, 9.17) is 5.11 Å². The van der Waals surface area contributed by atoms with Gasteiger partial charge in [0.25, 0.3) is 0 Å². The Labute approximate surface area is 109 Å². The van der Waals surface area contributed by atoms with E-state index in [2.05, 4.69) is 22.6 Å². The number of benzene rings is 1. The van der Waals surface area contributed by atoms with Gasteiger partial charge in [0.2, 0.25) is 0 Å². The number of hydrogen-bond donors (Lipinski definition) is 1. The summed E-state index contributed by atoms with van der Waals surface area (Å²) in [5.41, 5.74) is 1.10. The second-order valence-corrected chi connectivity index (χ2v) is 4.85. The lowest BCUT2D eigenvalue weighted by atomic mass is 10.3. The van der Waals surface area contributed by atoms with Gasteiger partial charge in [0.05, 0.1) is 0 Å². The van der Waals surface area contributed by atoms with Crippen molar-refractivity contribution < 1.29 is 9.90 Å². The number of rotatable bonds is 4. The van der Waals surface area contributed by atoms with Crippen LogP contribution in [0, 0.1) is 3.57 Å². The molecule has 1 N–H and O–H groups in total. The van der Waals surface area contributed by atoms with Crippen LogP contribution in [0.2, 0.25) is 0 Å². The summed E-state index contributed by atoms with van der Waals surface area (Å²) in [5, 5.41) is 8.71. The number of hydrogen-bond acceptors (Lipinski definition) is 2. The number of likely N-dealkylation sites (N-methyl/N-ethyl adjacent to an activating group) is 2. The van der Waals surface area contributed by atoms with Crippen molar-refractivity contribution in [1.29, 1.82) is 0 Å². The van der Waals surface area contributed by atoms with Crippen LogP contribution in [0.1, 0.15) is 0 Å². The standard InChI is InChI=1S/C11H15IN2O2/c1-13(7-8-14(2)11(15)16)10-5-3-9(12)4-6-10/h3-6H,7-8H2,1-2H3,(H,15,16). The largest absolute Gasteiger partial charge is 0.465 e. The summed E-state index contributed by atoms with van der Waals surface area (Å²) >= 11 is 2.26. The third-order valence-corrected chi connectivity index (χ3v) is 3.08. The topological polar surface area (TPSA) is 43.8 Å². The van der Waals surface area contributed by atoms with Crippen LogP contribution in [-0.2, 0) is 0 Å². The molecular formula is C11H15IN2O2. The molecule has 0 unspecified atom stereocenters. The smallest absolute Gasteiger partial charge is 0.407 e. The first kappa shape index (κ1) is 13.1. The molecule has 0 radical (unpaired) electrons. The van der Waals surface area contributed by atoms with Crippen LogP contribution in [-0.4, -0.2) is 43.3 Å². The highest BCUT2D eigenvalue weighted by Crippen LogP contribution is 2.14. The van der Waals surface area contributed by atoms with Crippen molar-refractivity contribution in [2.45, 2.75) is 0 Å². The van der Waals surface area contributed by atoms with Crippen molar-refractivity contribution in [3.63, 3.8) is 0 Å². The monoisotopic (exact) mass is 334 g/mol. The third kappa shape index (κ3) is 3.88. The molecule has 1 rings (SSSR count). The highest BCUT2D eigenvalue weighted by Gasteiger charge is 2.06. The lowest BCUT2D eigenvalue weighted by Gasteiger charge is -2.22. The Morgan fingerprint density at radius 2 is 1.81 bits per heavy atom. The molecular weight excluding hydrogens is 319 g/mol. The van der Waals surface area contributed by atoms with Crippen LogP contribution in [0.5, 0.6) is 0 Å². The second-order valence-electron chi connectivity index (χ2n) is 3.60. The summed E-state index contributed by atoms with van der Waals surface area (Å²) in [4.78, 5) is 13.9. The third-order valence-electron chi connectivity index (χ3n) is 2.36. The normalized spacial score (nSPS) is 9.94. The van der Waals surface area contributed by atoms with Gasteiger partial charge in [-0.25, -0.2) is 4.79 Å². The maximum absolute atomic E-state index is 10.6. The van der Waals surface area contributed by atoms with E-state index in [1.807, 2.05) is 36.2 Å². The van der Waals surface area contributed by atoms with E-state index in [9.17, 15) is 4.79 Å². The zero-order valence-corrected chi connectivity index (χ0v) is 11.5. The first-order valence-electron chi connectivity index (χ1n) is 4.91. The Kier molecular flexibility index (Phi) is 4.85. The van der Waals surface area contributed by atoms with E-state index in [1.54, 1.807) is 7.05 Å². The molecule has 0 aliphatic rings. The van der Waals surface area contributed by atoms with Gasteiger partial charge < -0.3 is 14.9 Å². The maximum Gasteiger partial charge on any atom is 0.407 e. The number of carboxylic acid groups (broad SMARTS) is 1. The number of anilines is 1. The van der Waals surface area contributed by atoms with Gasteiger partial charge in [0, 0.05) is 36.4 Å². The van der Waals surface area contributed by atoms with Crippen LogP contribution < -0.4 is 4.90 Å². The van der Waals surface area contributed by atoms with E-state index in [0.717, 1.165) is 5.69 Å². The lowest BCUT2D eigenvalue weighted by Crippen LogP contribution is -2.33. The molecule has 0 spiro atoms. The summed E-state index contributed by atoms with van der Waals surface area (Å²) in [6.45, 7) is 1.18. The van der Waals surface area contributed by atoms with E-state index in [1.165, 1.54) is 8.47 Å². The molecule has 1 aromatic rings. The number of halogens is 1. The Morgan fingerprint density at radius 3 is 2.31 bits per heavy atom. The van der Waals surface area contributed by atoms with Crippen LogP contribution in [0.4, 0.5) is 10.5 Å². The number of amides is 1. The van der Waals surface area contributed by atoms with Crippen molar-refractivity contribution >= 4 is 34.4 Å². The summed E-state index contributed by atoms with van der Waals surface area (Å²) in [7, 11) is 3.53.